The summed E-state index contributed by atoms with van der Waals surface area (Å²) in [6.45, 7) is 4.00. The molecule has 0 saturated carbocycles. The van der Waals surface area contributed by atoms with Crippen LogP contribution in [0.15, 0.2) is 97.1 Å². The van der Waals surface area contributed by atoms with Crippen LogP contribution in [0.1, 0.15) is 13.8 Å². The fourth-order valence-corrected chi connectivity index (χ4v) is 5.46. The number of fused-ring (bicyclic) bond motifs is 20. The van der Waals surface area contributed by atoms with Gasteiger partial charge in [0.2, 0.25) is 0 Å². The Morgan fingerprint density at radius 2 is 0.600 bits per heavy atom. The first-order valence-corrected chi connectivity index (χ1v) is 19.3. The molecule has 1 radical (unpaired) electrons. The van der Waals surface area contributed by atoms with Crippen molar-refractivity contribution in [1.29, 1.82) is 0 Å². The average Bonchev–Trinajstić information content (AvgIpc) is 3.84. The molecule has 2 aliphatic heterocycles. The van der Waals surface area contributed by atoms with E-state index in [-0.39, 0.29) is 76.2 Å². The van der Waals surface area contributed by atoms with Crippen LogP contribution in [0.3, 0.4) is 0 Å². The molecule has 4 aromatic carbocycles. The Morgan fingerprint density at radius 1 is 0.418 bits per heavy atom. The zero-order valence-electron chi connectivity index (χ0n) is 30.4. The second kappa shape index (κ2) is 19.1. The predicted molar refractivity (Wildman–Crippen MR) is 197 cm³/mol. The van der Waals surface area contributed by atoms with Crippen molar-refractivity contribution >= 4 is 64.4 Å². The summed E-state index contributed by atoms with van der Waals surface area (Å²) >= 11 is 0. The Hall–Kier alpha value is -3.42. The van der Waals surface area contributed by atoms with Crippen molar-refractivity contribution in [2.45, 2.75) is 13.8 Å². The van der Waals surface area contributed by atoms with Crippen molar-refractivity contribution < 1.29 is 102 Å². The maximum absolute atomic E-state index is 9.08. The van der Waals surface area contributed by atoms with Crippen LogP contribution < -0.4 is 69.1 Å². The standard InChI is InChI=1S/C32H16N8.C2H6.2CH4O3S.Cu.2Na/c1-2-10-18-17(9-1)25-33-26(18)38-28-21-13-5-6-14-22(21)30(35-28)40-32-24-16-8-7-15-23(24)31(36-32)39-29-20-12-4-3-11-19(20)27(34-29)37-25;1-2;2*1-5(2,3)4;;;/h1-16H;1-2H3;2*1H3,(H,2,3,4);;;/q-2;;;;+2;2*+1/p-2. The van der Waals surface area contributed by atoms with Gasteiger partial charge in [0.25, 0.3) is 0 Å². The van der Waals surface area contributed by atoms with Crippen molar-refractivity contribution in [2.75, 3.05) is 12.5 Å². The van der Waals surface area contributed by atoms with Gasteiger partial charge in [-0.1, -0.05) is 111 Å². The molecule has 9 rings (SSSR count). The normalized spacial score (nSPS) is 10.9. The number of nitrogens with zero attached hydrogens (tertiary/aromatic N) is 8. The first kappa shape index (κ1) is 46.0. The first-order valence-electron chi connectivity index (χ1n) is 15.7. The maximum Gasteiger partial charge on any atom is 2.00 e. The van der Waals surface area contributed by atoms with E-state index in [4.69, 9.17) is 65.8 Å². The molecule has 55 heavy (non-hydrogen) atoms. The van der Waals surface area contributed by atoms with Gasteiger partial charge >= 0.3 is 76.2 Å². The number of hydrogen-bond donors (Lipinski definition) is 0. The number of rotatable bonds is 0. The summed E-state index contributed by atoms with van der Waals surface area (Å²) in [6.07, 6.45) is 1.21. The summed E-state index contributed by atoms with van der Waals surface area (Å²) in [5.41, 5.74) is 5.78. The molecule has 0 amide bonds. The number of hydrogen-bond acceptors (Lipinski definition) is 12. The molecule has 0 spiro atoms. The van der Waals surface area contributed by atoms with E-state index < -0.39 is 20.2 Å². The molecule has 2 aliphatic rings. The fraction of sp³-hybridized carbons (Fsp3) is 0.111. The Labute approximate surface area is 371 Å². The summed E-state index contributed by atoms with van der Waals surface area (Å²) in [7, 11) is -7.83. The Bertz CT molecular complexity index is 2530. The van der Waals surface area contributed by atoms with Gasteiger partial charge in [0.1, 0.15) is 0 Å². The van der Waals surface area contributed by atoms with Crippen LogP contribution in [0.4, 0.5) is 0 Å². The molecule has 8 bridgehead atoms. The third-order valence-electron chi connectivity index (χ3n) is 7.33. The van der Waals surface area contributed by atoms with Crippen molar-refractivity contribution in [1.82, 2.24) is 39.9 Å². The van der Waals surface area contributed by atoms with Crippen molar-refractivity contribution in [3.63, 3.8) is 0 Å². The van der Waals surface area contributed by atoms with E-state index in [0.29, 0.717) is 58.4 Å². The maximum atomic E-state index is 9.08. The molecule has 14 nitrogen and oxygen atoms in total. The molecule has 0 aliphatic carbocycles. The minimum atomic E-state index is -3.92. The van der Waals surface area contributed by atoms with Gasteiger partial charge < -0.3 is 39.0 Å². The molecule has 0 unspecified atom stereocenters. The Morgan fingerprint density at radius 3 is 0.800 bits per heavy atom. The van der Waals surface area contributed by atoms with Gasteiger partial charge in [0.05, 0.1) is 43.5 Å². The quantitative estimate of drug-likeness (QED) is 0.139. The van der Waals surface area contributed by atoms with Crippen LogP contribution >= 0.6 is 0 Å². The van der Waals surface area contributed by atoms with Crippen LogP contribution in [-0.2, 0) is 37.3 Å². The van der Waals surface area contributed by atoms with E-state index in [0.717, 1.165) is 43.8 Å². The Balaban J connectivity index is 0.000000481. The zero-order valence-corrected chi connectivity index (χ0v) is 37.0. The smallest absolute Gasteiger partial charge is 0.748 e. The van der Waals surface area contributed by atoms with Gasteiger partial charge in [0, 0.05) is 57.4 Å². The molecule has 3 aromatic heterocycles. The van der Waals surface area contributed by atoms with Crippen molar-refractivity contribution in [2.24, 2.45) is 0 Å². The second-order valence-electron chi connectivity index (χ2n) is 11.1. The van der Waals surface area contributed by atoms with Crippen LogP contribution in [0.5, 0.6) is 0 Å². The van der Waals surface area contributed by atoms with Crippen molar-refractivity contribution in [3.05, 3.63) is 97.1 Å². The summed E-state index contributed by atoms with van der Waals surface area (Å²) in [5, 5.41) is 3.57. The van der Waals surface area contributed by atoms with Crippen molar-refractivity contribution in [3.8, 4) is 45.6 Å². The number of benzene rings is 4. The number of aromatic nitrogens is 8. The minimum Gasteiger partial charge on any atom is -0.748 e. The molecule has 19 heteroatoms. The van der Waals surface area contributed by atoms with E-state index in [1.165, 1.54) is 0 Å². The van der Waals surface area contributed by atoms with Gasteiger partial charge in [-0.2, -0.15) is 0 Å². The van der Waals surface area contributed by atoms with E-state index >= 15 is 0 Å². The molecule has 5 heterocycles. The molecular formula is C36H28CuN8Na2O6S2. The van der Waals surface area contributed by atoms with Crippen LogP contribution in [-0.4, -0.2) is 68.4 Å². The van der Waals surface area contributed by atoms with E-state index in [1.54, 1.807) is 0 Å². The molecule has 0 saturated heterocycles. The summed E-state index contributed by atoms with van der Waals surface area (Å²) in [6, 6.07) is 31.8. The van der Waals surface area contributed by atoms with Gasteiger partial charge in [0.15, 0.2) is 0 Å². The third-order valence-corrected chi connectivity index (χ3v) is 7.33. The molecule has 0 N–H and O–H groups in total. The first-order chi connectivity index (χ1) is 24.8. The second-order valence-corrected chi connectivity index (χ2v) is 13.9. The summed E-state index contributed by atoms with van der Waals surface area (Å²) in [4.78, 5) is 39.3. The van der Waals surface area contributed by atoms with E-state index in [2.05, 4.69) is 0 Å². The van der Waals surface area contributed by atoms with Crippen LogP contribution in [0.25, 0.3) is 89.7 Å². The van der Waals surface area contributed by atoms with E-state index in [9.17, 15) is 0 Å². The molecule has 273 valence electrons. The monoisotopic (exact) mass is 841 g/mol. The predicted octanol–water partition coefficient (Wildman–Crippen LogP) is -0.518. The molecular weight excluding hydrogens is 814 g/mol. The topological polar surface area (TPSA) is 220 Å². The minimum absolute atomic E-state index is 0. The third kappa shape index (κ3) is 10.9. The Kier molecular flexibility index (Phi) is 16.0. The summed E-state index contributed by atoms with van der Waals surface area (Å²) in [5.74, 6) is 2.21. The van der Waals surface area contributed by atoms with Gasteiger partial charge in [-0.25, -0.2) is 26.8 Å². The largest absolute Gasteiger partial charge is 2.00 e. The zero-order chi connectivity index (χ0) is 37.2. The molecule has 0 fully saturated rings. The molecule has 0 atom stereocenters. The fourth-order valence-electron chi connectivity index (χ4n) is 5.46. The molecule has 7 aromatic rings. The van der Waals surface area contributed by atoms with E-state index in [1.807, 2.05) is 111 Å². The van der Waals surface area contributed by atoms with Gasteiger partial charge in [-0.15, -0.1) is 0 Å². The summed E-state index contributed by atoms with van der Waals surface area (Å²) < 4.78 is 54.5. The SMILES string of the molecule is CC.CS(=O)(=O)[O-].CS(=O)(=O)[O-].[Cu+2].[Na+].[Na+].c1ccc2c(c1)-c1nc-2nc2[n-]c(nc3nc(nc4[n-]c(n1)c1ccccc41)-c1ccccc1-3)c1ccccc21. The van der Waals surface area contributed by atoms with Crippen LogP contribution in [0.2, 0.25) is 0 Å². The average molecular weight is 842 g/mol. The van der Waals surface area contributed by atoms with Gasteiger partial charge in [-0.3, -0.25) is 0 Å². The van der Waals surface area contributed by atoms with Gasteiger partial charge in [-0.05, 0) is 21.5 Å². The van der Waals surface area contributed by atoms with Crippen LogP contribution in [0, 0.1) is 0 Å².